The summed E-state index contributed by atoms with van der Waals surface area (Å²) in [5.74, 6) is 0.410. The Labute approximate surface area is 242 Å². The molecule has 0 saturated carbocycles. The van der Waals surface area contributed by atoms with Crippen molar-refractivity contribution in [2.75, 3.05) is 48.1 Å². The molecule has 11 heteroatoms. The number of carbonyl (C=O) groups is 1. The average molecular weight is 581 g/mol. The van der Waals surface area contributed by atoms with Gasteiger partial charge in [0.2, 0.25) is 0 Å². The van der Waals surface area contributed by atoms with Gasteiger partial charge in [-0.05, 0) is 67.4 Å². The SMILES string of the molecule is CCCCCCN1CCN(c2ccc(S(=O)(=O)Nc3ccc(CCNCC(O)c4ccc(N)nc4)cc3)cc2)C1=O. The molecule has 41 heavy (non-hydrogen) atoms. The van der Waals surface area contributed by atoms with E-state index in [2.05, 4.69) is 21.9 Å². The lowest BCUT2D eigenvalue weighted by molar-refractivity contribution is 0.175. The zero-order valence-electron chi connectivity index (χ0n) is 23.5. The molecule has 220 valence electrons. The second kappa shape index (κ2) is 14.3. The zero-order valence-corrected chi connectivity index (χ0v) is 24.3. The first-order valence-electron chi connectivity index (χ1n) is 14.2. The molecule has 3 aromatic rings. The van der Waals surface area contributed by atoms with Crippen molar-refractivity contribution in [1.82, 2.24) is 15.2 Å². The largest absolute Gasteiger partial charge is 0.387 e. The van der Waals surface area contributed by atoms with Crippen LogP contribution in [0.15, 0.2) is 71.8 Å². The predicted octanol–water partition coefficient (Wildman–Crippen LogP) is 4.15. The van der Waals surface area contributed by atoms with E-state index in [1.54, 1.807) is 47.5 Å². The van der Waals surface area contributed by atoms with Crippen molar-refractivity contribution in [3.05, 3.63) is 78.0 Å². The number of aliphatic hydroxyl groups excluding tert-OH is 1. The maximum Gasteiger partial charge on any atom is 0.324 e. The van der Waals surface area contributed by atoms with Crippen molar-refractivity contribution in [1.29, 1.82) is 0 Å². The molecule has 2 amide bonds. The Morgan fingerprint density at radius 2 is 1.76 bits per heavy atom. The highest BCUT2D eigenvalue weighted by Gasteiger charge is 2.29. The van der Waals surface area contributed by atoms with E-state index < -0.39 is 16.1 Å². The normalized spacial score (nSPS) is 14.4. The molecule has 1 aromatic heterocycles. The fourth-order valence-corrected chi connectivity index (χ4v) is 5.78. The molecule has 2 heterocycles. The minimum Gasteiger partial charge on any atom is -0.387 e. The van der Waals surface area contributed by atoms with Crippen LogP contribution in [0, 0.1) is 0 Å². The molecule has 1 saturated heterocycles. The van der Waals surface area contributed by atoms with Gasteiger partial charge < -0.3 is 21.1 Å². The van der Waals surface area contributed by atoms with Gasteiger partial charge in [-0.2, -0.15) is 0 Å². The summed E-state index contributed by atoms with van der Waals surface area (Å²) in [5, 5.41) is 13.5. The zero-order chi connectivity index (χ0) is 29.2. The number of aromatic nitrogens is 1. The van der Waals surface area contributed by atoms with Crippen molar-refractivity contribution in [2.45, 2.75) is 50.0 Å². The second-order valence-corrected chi connectivity index (χ2v) is 11.9. The van der Waals surface area contributed by atoms with Crippen LogP contribution in [-0.4, -0.2) is 62.2 Å². The number of nitrogens with two attached hydrogens (primary N) is 1. The highest BCUT2D eigenvalue weighted by atomic mass is 32.2. The first-order chi connectivity index (χ1) is 19.8. The van der Waals surface area contributed by atoms with Gasteiger partial charge in [0.25, 0.3) is 10.0 Å². The van der Waals surface area contributed by atoms with E-state index in [0.717, 1.165) is 31.4 Å². The van der Waals surface area contributed by atoms with Crippen molar-refractivity contribution in [3.8, 4) is 0 Å². The number of nitrogens with zero attached hydrogens (tertiary/aromatic N) is 3. The van der Waals surface area contributed by atoms with E-state index in [0.29, 0.717) is 55.4 Å². The van der Waals surface area contributed by atoms with E-state index in [1.807, 2.05) is 17.0 Å². The molecule has 2 aromatic carbocycles. The third-order valence-electron chi connectivity index (χ3n) is 7.16. The van der Waals surface area contributed by atoms with Gasteiger partial charge in [-0.3, -0.25) is 9.62 Å². The predicted molar refractivity (Wildman–Crippen MR) is 162 cm³/mol. The van der Waals surface area contributed by atoms with Crippen molar-refractivity contribution in [2.24, 2.45) is 0 Å². The second-order valence-electron chi connectivity index (χ2n) is 10.3. The van der Waals surface area contributed by atoms with Crippen LogP contribution in [-0.2, 0) is 16.4 Å². The Bertz CT molecular complexity index is 1370. The van der Waals surface area contributed by atoms with Crippen LogP contribution < -0.4 is 20.7 Å². The molecular weight excluding hydrogens is 540 g/mol. The minimum atomic E-state index is -3.78. The molecular formula is C30H40N6O4S. The number of amides is 2. The first-order valence-corrected chi connectivity index (χ1v) is 15.6. The number of aliphatic hydroxyl groups is 1. The van der Waals surface area contributed by atoms with Gasteiger partial charge in [0.15, 0.2) is 0 Å². The maximum atomic E-state index is 13.0. The number of nitrogen functional groups attached to an aromatic ring is 1. The lowest BCUT2D eigenvalue weighted by Crippen LogP contribution is -2.32. The Balaban J connectivity index is 1.24. The molecule has 0 bridgehead atoms. The topological polar surface area (TPSA) is 141 Å². The number of benzene rings is 2. The van der Waals surface area contributed by atoms with Crippen LogP contribution in [0.4, 0.5) is 22.0 Å². The van der Waals surface area contributed by atoms with Crippen LogP contribution in [0.2, 0.25) is 0 Å². The van der Waals surface area contributed by atoms with E-state index in [9.17, 15) is 18.3 Å². The summed E-state index contributed by atoms with van der Waals surface area (Å²) in [6.07, 6.45) is 6.05. The number of hydrogen-bond acceptors (Lipinski definition) is 7. The summed E-state index contributed by atoms with van der Waals surface area (Å²) in [4.78, 5) is 20.5. The Morgan fingerprint density at radius 1 is 1.00 bits per heavy atom. The molecule has 0 radical (unpaired) electrons. The van der Waals surface area contributed by atoms with Gasteiger partial charge in [-0.1, -0.05) is 44.4 Å². The van der Waals surface area contributed by atoms with E-state index >= 15 is 0 Å². The standard InChI is InChI=1S/C30H40N6O4S/c1-2-3-4-5-18-35-19-20-36(30(35)38)26-11-13-27(14-12-26)41(39,40)34-25-9-6-23(7-10-25)16-17-32-22-28(37)24-8-15-29(31)33-21-24/h6-15,21,28,32,34,37H,2-5,16-20,22H2,1H3,(H2,31,33). The van der Waals surface area contributed by atoms with Crippen LogP contribution >= 0.6 is 0 Å². The molecule has 5 N–H and O–H groups in total. The average Bonchev–Trinajstić information content (AvgIpc) is 3.34. The third-order valence-corrected chi connectivity index (χ3v) is 8.56. The Hall–Kier alpha value is -3.67. The number of sulfonamides is 1. The van der Waals surface area contributed by atoms with Gasteiger partial charge in [-0.15, -0.1) is 0 Å². The van der Waals surface area contributed by atoms with Crippen molar-refractivity contribution in [3.63, 3.8) is 0 Å². The minimum absolute atomic E-state index is 0.0270. The number of carbonyl (C=O) groups excluding carboxylic acids is 1. The summed E-state index contributed by atoms with van der Waals surface area (Å²) in [6, 6.07) is 17.0. The molecule has 4 rings (SSSR count). The lowest BCUT2D eigenvalue weighted by Gasteiger charge is -2.19. The Kier molecular flexibility index (Phi) is 10.6. The summed E-state index contributed by atoms with van der Waals surface area (Å²) < 4.78 is 28.6. The van der Waals surface area contributed by atoms with Crippen LogP contribution in [0.1, 0.15) is 49.8 Å². The summed E-state index contributed by atoms with van der Waals surface area (Å²) >= 11 is 0. The third kappa shape index (κ3) is 8.42. The highest BCUT2D eigenvalue weighted by molar-refractivity contribution is 7.92. The number of anilines is 3. The smallest absolute Gasteiger partial charge is 0.324 e. The number of rotatable bonds is 15. The van der Waals surface area contributed by atoms with Crippen LogP contribution in [0.25, 0.3) is 0 Å². The molecule has 1 unspecified atom stereocenters. The molecule has 1 fully saturated rings. The van der Waals surface area contributed by atoms with Crippen molar-refractivity contribution >= 4 is 33.2 Å². The maximum absolute atomic E-state index is 13.0. The number of pyridine rings is 1. The van der Waals surface area contributed by atoms with E-state index in [1.165, 1.54) is 18.6 Å². The lowest BCUT2D eigenvalue weighted by atomic mass is 10.1. The van der Waals surface area contributed by atoms with Crippen molar-refractivity contribution < 1.29 is 18.3 Å². The van der Waals surface area contributed by atoms with Crippen LogP contribution in [0.5, 0.6) is 0 Å². The van der Waals surface area contributed by atoms with Crippen LogP contribution in [0.3, 0.4) is 0 Å². The summed E-state index contributed by atoms with van der Waals surface area (Å²) in [6.45, 7) is 5.23. The molecule has 1 aliphatic rings. The van der Waals surface area contributed by atoms with Gasteiger partial charge in [0.1, 0.15) is 5.82 Å². The van der Waals surface area contributed by atoms with E-state index in [-0.39, 0.29) is 10.9 Å². The van der Waals surface area contributed by atoms with Gasteiger partial charge in [0.05, 0.1) is 11.0 Å². The summed E-state index contributed by atoms with van der Waals surface area (Å²) in [5.41, 5.74) is 8.47. The van der Waals surface area contributed by atoms with E-state index in [4.69, 9.17) is 5.73 Å². The molecule has 1 aliphatic heterocycles. The van der Waals surface area contributed by atoms with Gasteiger partial charge in [-0.25, -0.2) is 18.2 Å². The molecule has 10 nitrogen and oxygen atoms in total. The molecule has 1 atom stereocenters. The monoisotopic (exact) mass is 580 g/mol. The first kappa shape index (κ1) is 30.3. The highest BCUT2D eigenvalue weighted by Crippen LogP contribution is 2.24. The number of unbranched alkanes of at least 4 members (excludes halogenated alkanes) is 3. The summed E-state index contributed by atoms with van der Waals surface area (Å²) in [7, 11) is -3.78. The molecule has 0 aliphatic carbocycles. The Morgan fingerprint density at radius 3 is 2.44 bits per heavy atom. The fraction of sp³-hybridized carbons (Fsp3) is 0.400. The number of hydrogen-bond donors (Lipinski definition) is 4. The fourth-order valence-electron chi connectivity index (χ4n) is 4.72. The van der Waals surface area contributed by atoms with Gasteiger partial charge >= 0.3 is 6.03 Å². The number of nitrogens with one attached hydrogen (secondary N) is 2. The number of urea groups is 1. The quantitative estimate of drug-likeness (QED) is 0.198. The molecule has 0 spiro atoms. The van der Waals surface area contributed by atoms with Gasteiger partial charge in [0, 0.05) is 49.3 Å².